The van der Waals surface area contributed by atoms with Crippen LogP contribution in [0, 0.1) is 0 Å². The van der Waals surface area contributed by atoms with E-state index in [4.69, 9.17) is 0 Å². The summed E-state index contributed by atoms with van der Waals surface area (Å²) in [6, 6.07) is 13.3. The maximum Gasteiger partial charge on any atom is 0.270 e. The van der Waals surface area contributed by atoms with Gasteiger partial charge in [-0.25, -0.2) is 4.98 Å². The number of hydrogen-bond donors (Lipinski definition) is 1. The molecule has 1 amide bonds. The van der Waals surface area contributed by atoms with E-state index in [9.17, 15) is 9.59 Å². The molecule has 0 radical (unpaired) electrons. The molecule has 4 rings (SSSR count). The third-order valence-electron chi connectivity index (χ3n) is 4.12. The summed E-state index contributed by atoms with van der Waals surface area (Å²) in [7, 11) is 0. The Kier molecular flexibility index (Phi) is 3.82. The third kappa shape index (κ3) is 2.59. The first-order valence-corrected chi connectivity index (χ1v) is 8.71. The van der Waals surface area contributed by atoms with E-state index in [0.717, 1.165) is 17.7 Å². The highest BCUT2D eigenvalue weighted by Gasteiger charge is 2.23. The minimum atomic E-state index is -0.377. The number of aromatic nitrogens is 2. The summed E-state index contributed by atoms with van der Waals surface area (Å²) in [4.78, 5) is 30.5. The van der Waals surface area contributed by atoms with Crippen LogP contribution in [0.5, 0.6) is 0 Å². The molecule has 6 heteroatoms. The van der Waals surface area contributed by atoms with Crippen LogP contribution in [0.2, 0.25) is 0 Å². The lowest BCUT2D eigenvalue weighted by Crippen LogP contribution is -2.35. The summed E-state index contributed by atoms with van der Waals surface area (Å²) in [6.07, 6.45) is 3.82. The lowest BCUT2D eigenvalue weighted by molar-refractivity contribution is 0.0933. The molecular weight excluding hydrogens is 322 g/mol. The van der Waals surface area contributed by atoms with Gasteiger partial charge in [-0.15, -0.1) is 11.8 Å². The van der Waals surface area contributed by atoms with Gasteiger partial charge in [0, 0.05) is 23.0 Å². The molecule has 0 bridgehead atoms. The average Bonchev–Trinajstić information content (AvgIpc) is 2.62. The van der Waals surface area contributed by atoms with Crippen LogP contribution in [0.4, 0.5) is 0 Å². The molecule has 120 valence electrons. The topological polar surface area (TPSA) is 63.5 Å². The summed E-state index contributed by atoms with van der Waals surface area (Å²) in [6.45, 7) is 0. The first-order valence-electron chi connectivity index (χ1n) is 7.73. The second kappa shape index (κ2) is 6.13. The summed E-state index contributed by atoms with van der Waals surface area (Å²) in [5.74, 6) is 0.564. The van der Waals surface area contributed by atoms with Crippen LogP contribution < -0.4 is 10.9 Å². The zero-order chi connectivity index (χ0) is 16.5. The second-order valence-corrected chi connectivity index (χ2v) is 6.74. The summed E-state index contributed by atoms with van der Waals surface area (Å²) in [5.41, 5.74) is 1.35. The highest BCUT2D eigenvalue weighted by Crippen LogP contribution is 2.35. The SMILES string of the molecule is O=C(NC1CCSc2ccccc21)c1cnc2ccccn2c1=O. The summed E-state index contributed by atoms with van der Waals surface area (Å²) in [5, 5.41) is 2.99. The fraction of sp³-hybridized carbons (Fsp3) is 0.167. The normalized spacial score (nSPS) is 16.6. The number of nitrogens with zero attached hydrogens (tertiary/aromatic N) is 2. The number of rotatable bonds is 2. The van der Waals surface area contributed by atoms with Crippen LogP contribution in [-0.4, -0.2) is 21.0 Å². The molecule has 0 fully saturated rings. The molecule has 0 aliphatic carbocycles. The van der Waals surface area contributed by atoms with Crippen molar-refractivity contribution in [3.8, 4) is 0 Å². The second-order valence-electron chi connectivity index (χ2n) is 5.61. The minimum Gasteiger partial charge on any atom is -0.345 e. The average molecular weight is 337 g/mol. The number of thioether (sulfide) groups is 1. The fourth-order valence-electron chi connectivity index (χ4n) is 2.91. The van der Waals surface area contributed by atoms with Gasteiger partial charge in [-0.1, -0.05) is 24.3 Å². The van der Waals surface area contributed by atoms with Crippen LogP contribution >= 0.6 is 11.8 Å². The van der Waals surface area contributed by atoms with Gasteiger partial charge in [-0.05, 0) is 30.2 Å². The number of fused-ring (bicyclic) bond motifs is 2. The van der Waals surface area contributed by atoms with E-state index < -0.39 is 0 Å². The molecule has 0 spiro atoms. The standard InChI is InChI=1S/C18H15N3O2S/c22-17(13-11-19-16-7-3-4-9-21(16)18(13)23)20-14-8-10-24-15-6-2-1-5-12(14)15/h1-7,9,11,14H,8,10H2,(H,20,22). The molecule has 0 saturated heterocycles. The van der Waals surface area contributed by atoms with Crippen LogP contribution in [0.1, 0.15) is 28.4 Å². The molecule has 1 aliphatic heterocycles. The van der Waals surface area contributed by atoms with Crippen molar-refractivity contribution in [3.05, 3.63) is 76.3 Å². The van der Waals surface area contributed by atoms with Crippen molar-refractivity contribution in [2.75, 3.05) is 5.75 Å². The number of pyridine rings is 1. The maximum atomic E-state index is 12.6. The predicted octanol–water partition coefficient (Wildman–Crippen LogP) is 2.66. The molecule has 1 unspecified atom stereocenters. The smallest absolute Gasteiger partial charge is 0.270 e. The Morgan fingerprint density at radius 3 is 2.96 bits per heavy atom. The van der Waals surface area contributed by atoms with E-state index >= 15 is 0 Å². The highest BCUT2D eigenvalue weighted by molar-refractivity contribution is 7.99. The Morgan fingerprint density at radius 1 is 1.21 bits per heavy atom. The van der Waals surface area contributed by atoms with E-state index in [1.54, 1.807) is 36.2 Å². The Balaban J connectivity index is 1.66. The molecule has 1 N–H and O–H groups in total. The minimum absolute atomic E-state index is 0.0643. The van der Waals surface area contributed by atoms with Gasteiger partial charge < -0.3 is 5.32 Å². The lowest BCUT2D eigenvalue weighted by atomic mass is 10.0. The maximum absolute atomic E-state index is 12.6. The van der Waals surface area contributed by atoms with Crippen molar-refractivity contribution in [1.82, 2.24) is 14.7 Å². The molecule has 1 aromatic carbocycles. The van der Waals surface area contributed by atoms with Gasteiger partial charge in [0.15, 0.2) is 0 Å². The first-order chi connectivity index (χ1) is 11.7. The molecule has 5 nitrogen and oxygen atoms in total. The van der Waals surface area contributed by atoms with Crippen molar-refractivity contribution < 1.29 is 4.79 Å². The van der Waals surface area contributed by atoms with Crippen molar-refractivity contribution in [2.45, 2.75) is 17.4 Å². The van der Waals surface area contributed by atoms with Gasteiger partial charge in [0.2, 0.25) is 0 Å². The van der Waals surface area contributed by atoms with Gasteiger partial charge in [-0.3, -0.25) is 14.0 Å². The Hall–Kier alpha value is -2.60. The highest BCUT2D eigenvalue weighted by atomic mass is 32.2. The quantitative estimate of drug-likeness (QED) is 0.781. The van der Waals surface area contributed by atoms with E-state index in [-0.39, 0.29) is 23.1 Å². The molecule has 3 heterocycles. The van der Waals surface area contributed by atoms with Crippen LogP contribution in [-0.2, 0) is 0 Å². The zero-order valence-electron chi connectivity index (χ0n) is 12.8. The van der Waals surface area contributed by atoms with E-state index in [1.165, 1.54) is 15.5 Å². The predicted molar refractivity (Wildman–Crippen MR) is 93.5 cm³/mol. The van der Waals surface area contributed by atoms with Gasteiger partial charge in [0.05, 0.1) is 6.04 Å². The third-order valence-corrected chi connectivity index (χ3v) is 5.24. The molecule has 3 aromatic rings. The van der Waals surface area contributed by atoms with Crippen molar-refractivity contribution >= 4 is 23.3 Å². The molecule has 24 heavy (non-hydrogen) atoms. The van der Waals surface area contributed by atoms with Crippen LogP contribution in [0.3, 0.4) is 0 Å². The molecular formula is C18H15N3O2S. The monoisotopic (exact) mass is 337 g/mol. The number of carbonyl (C=O) groups is 1. The molecule has 0 saturated carbocycles. The number of amides is 1. The Labute approximate surface area is 142 Å². The van der Waals surface area contributed by atoms with Crippen molar-refractivity contribution in [2.24, 2.45) is 0 Å². The van der Waals surface area contributed by atoms with Crippen LogP contribution in [0.15, 0.2) is 64.5 Å². The van der Waals surface area contributed by atoms with E-state index in [0.29, 0.717) is 5.65 Å². The van der Waals surface area contributed by atoms with Gasteiger partial charge in [0.25, 0.3) is 11.5 Å². The van der Waals surface area contributed by atoms with Crippen LogP contribution in [0.25, 0.3) is 5.65 Å². The number of carbonyl (C=O) groups excluding carboxylic acids is 1. The van der Waals surface area contributed by atoms with Crippen molar-refractivity contribution in [3.63, 3.8) is 0 Å². The summed E-state index contributed by atoms with van der Waals surface area (Å²) < 4.78 is 1.39. The van der Waals surface area contributed by atoms with Gasteiger partial charge >= 0.3 is 0 Å². The fourth-order valence-corrected chi connectivity index (χ4v) is 4.04. The number of nitrogens with one attached hydrogen (secondary N) is 1. The lowest BCUT2D eigenvalue weighted by Gasteiger charge is -2.25. The van der Waals surface area contributed by atoms with Crippen molar-refractivity contribution in [1.29, 1.82) is 0 Å². The molecule has 2 aromatic heterocycles. The molecule has 1 aliphatic rings. The molecule has 1 atom stereocenters. The van der Waals surface area contributed by atoms with Gasteiger partial charge in [-0.2, -0.15) is 0 Å². The largest absolute Gasteiger partial charge is 0.345 e. The number of benzene rings is 1. The number of hydrogen-bond acceptors (Lipinski definition) is 4. The Morgan fingerprint density at radius 2 is 2.04 bits per heavy atom. The Bertz CT molecular complexity index is 983. The first kappa shape index (κ1) is 15.0. The summed E-state index contributed by atoms with van der Waals surface area (Å²) >= 11 is 1.79. The van der Waals surface area contributed by atoms with Gasteiger partial charge in [0.1, 0.15) is 11.2 Å². The van der Waals surface area contributed by atoms with E-state index in [1.807, 2.05) is 18.2 Å². The van der Waals surface area contributed by atoms with E-state index in [2.05, 4.69) is 16.4 Å². The zero-order valence-corrected chi connectivity index (χ0v) is 13.6.